The number of nitrogens with one attached hydrogen (secondary N) is 1. The van der Waals surface area contributed by atoms with Crippen molar-refractivity contribution in [1.29, 1.82) is 0 Å². The average Bonchev–Trinajstić information content (AvgIpc) is 3.73. The molecule has 0 aliphatic rings. The number of pyridine rings is 2. The third-order valence-electron chi connectivity index (χ3n) is 9.04. The van der Waals surface area contributed by atoms with Gasteiger partial charge in [-0.1, -0.05) is 59.9 Å². The van der Waals surface area contributed by atoms with Gasteiger partial charge in [0.2, 0.25) is 0 Å². The van der Waals surface area contributed by atoms with Crippen LogP contribution in [-0.2, 0) is 17.8 Å². The van der Waals surface area contributed by atoms with Crippen molar-refractivity contribution < 1.29 is 19.4 Å². The lowest BCUT2D eigenvalue weighted by atomic mass is 10.2. The van der Waals surface area contributed by atoms with E-state index < -0.39 is 11.7 Å². The van der Waals surface area contributed by atoms with Crippen molar-refractivity contribution in [1.82, 2.24) is 19.1 Å². The Morgan fingerprint density at radius 3 is 1.62 bits per heavy atom. The van der Waals surface area contributed by atoms with Gasteiger partial charge >= 0.3 is 6.09 Å². The summed E-state index contributed by atoms with van der Waals surface area (Å²) < 4.78 is 9.46. The third kappa shape index (κ3) is 10.5. The van der Waals surface area contributed by atoms with Crippen molar-refractivity contribution in [2.45, 2.75) is 59.0 Å². The Kier molecular flexibility index (Phi) is 12.7. The number of para-hydroxylation sites is 2. The summed E-state index contributed by atoms with van der Waals surface area (Å²) in [5.41, 5.74) is 10.4. The van der Waals surface area contributed by atoms with Crippen molar-refractivity contribution >= 4 is 74.2 Å². The van der Waals surface area contributed by atoms with Gasteiger partial charge < -0.3 is 19.6 Å². The van der Waals surface area contributed by atoms with E-state index in [0.29, 0.717) is 34.3 Å². The molecule has 4 aromatic heterocycles. The predicted molar refractivity (Wildman–Crippen MR) is 239 cm³/mol. The Labute approximate surface area is 359 Å². The molecule has 0 spiro atoms. The van der Waals surface area contributed by atoms with Crippen LogP contribution in [0.2, 0.25) is 0 Å². The van der Waals surface area contributed by atoms with E-state index in [9.17, 15) is 25.0 Å². The van der Waals surface area contributed by atoms with Crippen LogP contribution in [0.25, 0.3) is 21.8 Å². The summed E-state index contributed by atoms with van der Waals surface area (Å²) in [7, 11) is 0. The van der Waals surface area contributed by atoms with Crippen molar-refractivity contribution in [3.63, 3.8) is 0 Å². The first kappa shape index (κ1) is 42.0. The molecule has 0 aliphatic carbocycles. The minimum absolute atomic E-state index is 0.0568. The Bertz CT molecular complexity index is 2860. The zero-order chi connectivity index (χ0) is 43.1. The molecule has 0 radical (unpaired) electrons. The summed E-state index contributed by atoms with van der Waals surface area (Å²) in [4.78, 5) is 46.1. The molecule has 14 nitrogen and oxygen atoms in total. The van der Waals surface area contributed by atoms with Crippen molar-refractivity contribution in [3.8, 4) is 0 Å². The summed E-state index contributed by atoms with van der Waals surface area (Å²) in [6.45, 7) is 6.52. The second-order valence-corrected chi connectivity index (χ2v) is 16.8. The number of benzene rings is 4. The molecule has 3 N–H and O–H groups in total. The molecule has 1 amide bonds. The number of amides is 1. The maximum absolute atomic E-state index is 12.3. The van der Waals surface area contributed by atoms with E-state index in [4.69, 9.17) is 10.5 Å². The van der Waals surface area contributed by atoms with Gasteiger partial charge in [0.15, 0.2) is 0 Å². The average molecular weight is 853 g/mol. The van der Waals surface area contributed by atoms with Gasteiger partial charge in [0, 0.05) is 68.9 Å². The van der Waals surface area contributed by atoms with Gasteiger partial charge in [0.25, 0.3) is 11.4 Å². The fraction of sp³-hybridized carbons (Fsp3) is 0.133. The zero-order valence-electron chi connectivity index (χ0n) is 33.3. The van der Waals surface area contributed by atoms with Gasteiger partial charge in [-0.2, -0.15) is 0 Å². The summed E-state index contributed by atoms with van der Waals surface area (Å²) >= 11 is 2.72. The van der Waals surface area contributed by atoms with Crippen LogP contribution in [0, 0.1) is 20.2 Å². The van der Waals surface area contributed by atoms with Crippen LogP contribution in [-0.4, -0.2) is 40.6 Å². The fourth-order valence-corrected chi connectivity index (χ4v) is 8.60. The Balaban J connectivity index is 0.000000189. The van der Waals surface area contributed by atoms with Crippen LogP contribution in [0.4, 0.5) is 27.5 Å². The minimum Gasteiger partial charge on any atom is -0.444 e. The lowest BCUT2D eigenvalue weighted by Gasteiger charge is -2.19. The SMILES string of the molecule is CC(C)(C)OC(=O)Nc1ccc2c(Sc3ccccc3[N+](=O)[O-])cn(Cc3ccccn3)c2c1.Nc1ccc2c(Sc3ccccc3[N+](=O)[O-])cn(Cc3ccccn3)c2c1. The van der Waals surface area contributed by atoms with E-state index in [-0.39, 0.29) is 21.2 Å². The highest BCUT2D eigenvalue weighted by atomic mass is 32.2. The topological polar surface area (TPSA) is 186 Å². The molecule has 61 heavy (non-hydrogen) atoms. The first-order valence-electron chi connectivity index (χ1n) is 18.9. The molecule has 0 saturated heterocycles. The molecule has 4 aromatic carbocycles. The summed E-state index contributed by atoms with van der Waals surface area (Å²) in [5.74, 6) is 0. The molecule has 16 heteroatoms. The molecule has 0 bridgehead atoms. The van der Waals surface area contributed by atoms with Gasteiger partial charge in [0.05, 0.1) is 55.1 Å². The molecule has 0 atom stereocenters. The number of nitro groups is 2. The maximum atomic E-state index is 12.3. The Morgan fingerprint density at radius 1 is 0.672 bits per heavy atom. The number of hydrogen-bond acceptors (Lipinski definition) is 11. The first-order valence-corrected chi connectivity index (χ1v) is 20.6. The van der Waals surface area contributed by atoms with E-state index in [1.807, 2.05) is 83.7 Å². The summed E-state index contributed by atoms with van der Waals surface area (Å²) in [5, 5.41) is 27.5. The molecule has 0 fully saturated rings. The zero-order valence-corrected chi connectivity index (χ0v) is 34.9. The molecule has 8 rings (SSSR count). The number of aromatic nitrogens is 4. The molecular formula is C45H40N8O6S2. The summed E-state index contributed by atoms with van der Waals surface area (Å²) in [6.07, 6.45) is 6.92. The summed E-state index contributed by atoms with van der Waals surface area (Å²) in [6, 6.07) is 36.2. The Morgan fingerprint density at radius 2 is 1.15 bits per heavy atom. The van der Waals surface area contributed by atoms with E-state index >= 15 is 0 Å². The minimum atomic E-state index is -0.610. The van der Waals surface area contributed by atoms with Crippen molar-refractivity contribution in [3.05, 3.63) is 178 Å². The number of carbonyl (C=O) groups excluding carboxylic acids is 1. The first-order chi connectivity index (χ1) is 29.3. The van der Waals surface area contributed by atoms with Crippen LogP contribution in [0.5, 0.6) is 0 Å². The number of carbonyl (C=O) groups is 1. The Hall–Kier alpha value is -7.17. The van der Waals surface area contributed by atoms with Crippen LogP contribution in [0.3, 0.4) is 0 Å². The lowest BCUT2D eigenvalue weighted by molar-refractivity contribution is -0.387. The highest BCUT2D eigenvalue weighted by Gasteiger charge is 2.21. The number of ether oxygens (including phenoxy) is 1. The highest BCUT2D eigenvalue weighted by molar-refractivity contribution is 8.00. The number of rotatable bonds is 11. The largest absolute Gasteiger partial charge is 0.444 e. The van der Waals surface area contributed by atoms with E-state index in [0.717, 1.165) is 43.0 Å². The second-order valence-electron chi connectivity index (χ2n) is 14.7. The van der Waals surface area contributed by atoms with Crippen LogP contribution in [0.1, 0.15) is 32.2 Å². The second kappa shape index (κ2) is 18.4. The smallest absolute Gasteiger partial charge is 0.412 e. The standard InChI is InChI=1S/C25H24N4O4S.C20H16N4O2S/c1-25(2,3)33-24(30)27-17-11-12-19-21(14-17)28(15-18-8-6-7-13-26-18)16-23(19)34-22-10-5-4-9-20(22)29(31)32;21-14-8-9-16-18(11-14)23(12-15-5-3-4-10-22-15)13-20(16)27-19-7-2-1-6-17(19)24(25)26/h4-14,16H,15H2,1-3H3,(H,27,30);1-11,13H,12,21H2. The molecule has 0 saturated carbocycles. The molecule has 308 valence electrons. The normalized spacial score (nSPS) is 11.2. The van der Waals surface area contributed by atoms with Gasteiger partial charge in [-0.15, -0.1) is 0 Å². The molecule has 0 unspecified atom stereocenters. The third-order valence-corrected chi connectivity index (χ3v) is 11.3. The van der Waals surface area contributed by atoms with Crippen molar-refractivity contribution in [2.24, 2.45) is 0 Å². The van der Waals surface area contributed by atoms with E-state index in [2.05, 4.69) is 19.9 Å². The number of nitrogens with two attached hydrogens (primary N) is 1. The number of nitrogens with zero attached hydrogens (tertiary/aromatic N) is 6. The number of nitro benzene ring substituents is 2. The quantitative estimate of drug-likeness (QED) is 0.0716. The van der Waals surface area contributed by atoms with E-state index in [1.54, 1.807) is 75.6 Å². The molecule has 4 heterocycles. The van der Waals surface area contributed by atoms with Crippen molar-refractivity contribution in [2.75, 3.05) is 11.1 Å². The lowest BCUT2D eigenvalue weighted by Crippen LogP contribution is -2.27. The molecule has 0 aliphatic heterocycles. The van der Waals surface area contributed by atoms with Crippen LogP contribution < -0.4 is 11.1 Å². The van der Waals surface area contributed by atoms with Crippen LogP contribution in [0.15, 0.2) is 166 Å². The molecule has 8 aromatic rings. The monoisotopic (exact) mass is 852 g/mol. The number of nitrogen functional groups attached to an aromatic ring is 1. The number of fused-ring (bicyclic) bond motifs is 2. The van der Waals surface area contributed by atoms with E-state index in [1.165, 1.54) is 35.7 Å². The van der Waals surface area contributed by atoms with Gasteiger partial charge in [0.1, 0.15) is 5.60 Å². The maximum Gasteiger partial charge on any atom is 0.412 e. The van der Waals surface area contributed by atoms with Gasteiger partial charge in [-0.25, -0.2) is 4.79 Å². The number of hydrogen-bond donors (Lipinski definition) is 2. The van der Waals surface area contributed by atoms with Crippen LogP contribution >= 0.6 is 23.5 Å². The highest BCUT2D eigenvalue weighted by Crippen LogP contribution is 2.41. The predicted octanol–water partition coefficient (Wildman–Crippen LogP) is 11.2. The molecular weight excluding hydrogens is 813 g/mol. The van der Waals surface area contributed by atoms with Gasteiger partial charge in [-0.3, -0.25) is 35.5 Å². The fourth-order valence-electron chi connectivity index (χ4n) is 6.41. The van der Waals surface area contributed by atoms with Gasteiger partial charge in [-0.05, 0) is 93.6 Å². The number of anilines is 2.